The molecule has 0 unspecified atom stereocenters. The van der Waals surface area contributed by atoms with Gasteiger partial charge in [0.1, 0.15) is 5.82 Å². The van der Waals surface area contributed by atoms with Crippen LogP contribution in [0.2, 0.25) is 0 Å². The lowest BCUT2D eigenvalue weighted by Gasteiger charge is -2.31. The molecule has 0 heterocycles. The Morgan fingerprint density at radius 2 is 1.68 bits per heavy atom. The molecule has 0 aliphatic heterocycles. The third-order valence-corrected chi connectivity index (χ3v) is 3.21. The average Bonchev–Trinajstić information content (AvgIpc) is 2.25. The number of hydrogen-bond acceptors (Lipinski definition) is 2. The number of carbonyl (C=O) groups is 1. The van der Waals surface area contributed by atoms with Crippen molar-refractivity contribution in [1.82, 2.24) is 4.90 Å². The van der Waals surface area contributed by atoms with Crippen LogP contribution in [0, 0.1) is 5.82 Å². The molecule has 19 heavy (non-hydrogen) atoms. The molecule has 0 aliphatic carbocycles. The SMILES string of the molecule is CN(C)C(C)(C)C(=O)c1ccc(C(F)(F)F)c(F)c1. The number of nitrogens with zero attached hydrogens (tertiary/aromatic N) is 1. The summed E-state index contributed by atoms with van der Waals surface area (Å²) in [6.07, 6.45) is -4.76. The van der Waals surface area contributed by atoms with Gasteiger partial charge in [-0.15, -0.1) is 0 Å². The van der Waals surface area contributed by atoms with Gasteiger partial charge in [0, 0.05) is 5.56 Å². The van der Waals surface area contributed by atoms with Crippen molar-refractivity contribution < 1.29 is 22.4 Å². The Kier molecular flexibility index (Phi) is 4.05. The van der Waals surface area contributed by atoms with E-state index in [-0.39, 0.29) is 5.56 Å². The molecule has 0 bridgehead atoms. The molecular weight excluding hydrogens is 262 g/mol. The number of ketones is 1. The average molecular weight is 277 g/mol. The Labute approximate surface area is 109 Å². The molecule has 6 heteroatoms. The smallest absolute Gasteiger partial charge is 0.297 e. The van der Waals surface area contributed by atoms with Crippen molar-refractivity contribution in [1.29, 1.82) is 0 Å². The maximum Gasteiger partial charge on any atom is 0.419 e. The van der Waals surface area contributed by atoms with Crippen LogP contribution in [-0.4, -0.2) is 30.3 Å². The zero-order chi connectivity index (χ0) is 15.0. The van der Waals surface area contributed by atoms with Crippen LogP contribution in [-0.2, 0) is 6.18 Å². The molecule has 2 nitrogen and oxygen atoms in total. The van der Waals surface area contributed by atoms with Gasteiger partial charge < -0.3 is 0 Å². The predicted octanol–water partition coefficient (Wildman–Crippen LogP) is 3.37. The van der Waals surface area contributed by atoms with E-state index in [9.17, 15) is 22.4 Å². The van der Waals surface area contributed by atoms with Gasteiger partial charge in [-0.05, 0) is 40.1 Å². The van der Waals surface area contributed by atoms with Gasteiger partial charge in [-0.25, -0.2) is 4.39 Å². The van der Waals surface area contributed by atoms with Crippen molar-refractivity contribution in [2.24, 2.45) is 0 Å². The molecule has 1 aromatic rings. The molecule has 1 rings (SSSR count). The van der Waals surface area contributed by atoms with Crippen LogP contribution in [0.5, 0.6) is 0 Å². The first-order valence-electron chi connectivity index (χ1n) is 5.57. The van der Waals surface area contributed by atoms with Crippen molar-refractivity contribution in [3.05, 3.63) is 35.1 Å². The summed E-state index contributed by atoms with van der Waals surface area (Å²) in [6, 6.07) is 2.23. The summed E-state index contributed by atoms with van der Waals surface area (Å²) in [4.78, 5) is 13.7. The number of halogens is 4. The van der Waals surface area contributed by atoms with E-state index in [0.717, 1.165) is 6.07 Å². The molecule has 0 aromatic heterocycles. The second-order valence-electron chi connectivity index (χ2n) is 4.97. The lowest BCUT2D eigenvalue weighted by Crippen LogP contribution is -2.45. The molecule has 0 fully saturated rings. The van der Waals surface area contributed by atoms with Gasteiger partial charge in [-0.3, -0.25) is 9.69 Å². The maximum atomic E-state index is 13.4. The standard InChI is InChI=1S/C13H15F4NO/c1-12(2,18(3)4)11(19)8-5-6-9(10(14)7-8)13(15,16)17/h5-7H,1-4H3. The second kappa shape index (κ2) is 4.92. The number of likely N-dealkylation sites (N-methyl/N-ethyl adjacent to an activating group) is 1. The van der Waals surface area contributed by atoms with Crippen LogP contribution in [0.4, 0.5) is 17.6 Å². The Morgan fingerprint density at radius 1 is 1.16 bits per heavy atom. The summed E-state index contributed by atoms with van der Waals surface area (Å²) in [5.74, 6) is -1.88. The molecule has 0 atom stereocenters. The molecule has 0 radical (unpaired) electrons. The van der Waals surface area contributed by atoms with Crippen molar-refractivity contribution in [2.45, 2.75) is 25.6 Å². The molecule has 0 saturated carbocycles. The maximum absolute atomic E-state index is 13.4. The largest absolute Gasteiger partial charge is 0.419 e. The summed E-state index contributed by atoms with van der Waals surface area (Å²) >= 11 is 0. The Balaban J connectivity index is 3.19. The fraction of sp³-hybridized carbons (Fsp3) is 0.462. The van der Waals surface area contributed by atoms with Crippen molar-refractivity contribution in [3.63, 3.8) is 0 Å². The number of Topliss-reactive ketones (excluding diaryl/α,β-unsaturated/α-hetero) is 1. The van der Waals surface area contributed by atoms with Gasteiger partial charge in [0.15, 0.2) is 5.78 Å². The Hall–Kier alpha value is -1.43. The lowest BCUT2D eigenvalue weighted by molar-refractivity contribution is -0.140. The molecule has 0 spiro atoms. The first-order valence-corrected chi connectivity index (χ1v) is 5.57. The highest BCUT2D eigenvalue weighted by atomic mass is 19.4. The lowest BCUT2D eigenvalue weighted by atomic mass is 9.91. The summed E-state index contributed by atoms with van der Waals surface area (Å²) in [5.41, 5.74) is -2.37. The highest BCUT2D eigenvalue weighted by molar-refractivity contribution is 6.02. The van der Waals surface area contributed by atoms with Crippen molar-refractivity contribution >= 4 is 5.78 Å². The van der Waals surface area contributed by atoms with E-state index in [1.165, 1.54) is 0 Å². The first-order chi connectivity index (χ1) is 8.48. The monoisotopic (exact) mass is 277 g/mol. The van der Waals surface area contributed by atoms with Crippen LogP contribution in [0.1, 0.15) is 29.8 Å². The third-order valence-electron chi connectivity index (χ3n) is 3.21. The molecule has 0 aliphatic rings. The number of benzene rings is 1. The minimum atomic E-state index is -4.76. The van der Waals surface area contributed by atoms with Gasteiger partial charge in [-0.1, -0.05) is 6.07 Å². The molecule has 0 amide bonds. The zero-order valence-electron chi connectivity index (χ0n) is 11.1. The normalized spacial score (nSPS) is 12.9. The van der Waals surface area contributed by atoms with Crippen LogP contribution in [0.15, 0.2) is 18.2 Å². The van der Waals surface area contributed by atoms with E-state index >= 15 is 0 Å². The van der Waals surface area contributed by atoms with Gasteiger partial charge in [-0.2, -0.15) is 13.2 Å². The van der Waals surface area contributed by atoms with Crippen LogP contribution >= 0.6 is 0 Å². The number of rotatable bonds is 3. The highest BCUT2D eigenvalue weighted by Crippen LogP contribution is 2.32. The second-order valence-corrected chi connectivity index (χ2v) is 4.97. The van der Waals surface area contributed by atoms with Crippen LogP contribution in [0.25, 0.3) is 0 Å². The molecule has 0 saturated heterocycles. The summed E-state index contributed by atoms with van der Waals surface area (Å²) < 4.78 is 50.6. The van der Waals surface area contributed by atoms with E-state index in [1.54, 1.807) is 32.8 Å². The molecule has 1 aromatic carbocycles. The Bertz CT molecular complexity index is 492. The van der Waals surface area contributed by atoms with E-state index in [4.69, 9.17) is 0 Å². The third kappa shape index (κ3) is 3.12. The molecule has 0 N–H and O–H groups in total. The van der Waals surface area contributed by atoms with Crippen LogP contribution in [0.3, 0.4) is 0 Å². The van der Waals surface area contributed by atoms with Gasteiger partial charge in [0.05, 0.1) is 11.1 Å². The summed E-state index contributed by atoms with van der Waals surface area (Å²) in [6.45, 7) is 3.23. The van der Waals surface area contributed by atoms with Crippen molar-refractivity contribution in [3.8, 4) is 0 Å². The number of hydrogen-bond donors (Lipinski definition) is 0. The first kappa shape index (κ1) is 15.6. The van der Waals surface area contributed by atoms with Gasteiger partial charge >= 0.3 is 6.18 Å². The van der Waals surface area contributed by atoms with E-state index in [2.05, 4.69) is 0 Å². The minimum absolute atomic E-state index is 0.0794. The van der Waals surface area contributed by atoms with Gasteiger partial charge in [0.25, 0.3) is 0 Å². The summed E-state index contributed by atoms with van der Waals surface area (Å²) in [7, 11) is 3.33. The highest BCUT2D eigenvalue weighted by Gasteiger charge is 2.36. The molecular formula is C13H15F4NO. The topological polar surface area (TPSA) is 20.3 Å². The zero-order valence-corrected chi connectivity index (χ0v) is 11.1. The summed E-state index contributed by atoms with van der Waals surface area (Å²) in [5, 5.41) is 0. The van der Waals surface area contributed by atoms with Gasteiger partial charge in [0.2, 0.25) is 0 Å². The molecule has 106 valence electrons. The fourth-order valence-electron chi connectivity index (χ4n) is 1.44. The van der Waals surface area contributed by atoms with E-state index in [0.29, 0.717) is 12.1 Å². The van der Waals surface area contributed by atoms with E-state index in [1.807, 2.05) is 0 Å². The number of alkyl halides is 3. The minimum Gasteiger partial charge on any atom is -0.297 e. The van der Waals surface area contributed by atoms with Crippen molar-refractivity contribution in [2.75, 3.05) is 14.1 Å². The number of carbonyl (C=O) groups excluding carboxylic acids is 1. The Morgan fingerprint density at radius 3 is 2.05 bits per heavy atom. The van der Waals surface area contributed by atoms with Crippen LogP contribution < -0.4 is 0 Å². The van der Waals surface area contributed by atoms with E-state index < -0.39 is 28.9 Å². The predicted molar refractivity (Wildman–Crippen MR) is 63.5 cm³/mol. The quantitative estimate of drug-likeness (QED) is 0.623. The fourth-order valence-corrected chi connectivity index (χ4v) is 1.44.